The van der Waals surface area contributed by atoms with E-state index in [1.165, 1.54) is 7.05 Å². The van der Waals surface area contributed by atoms with Crippen LogP contribution in [0.4, 0.5) is 5.69 Å². The first-order valence-electron chi connectivity index (χ1n) is 7.15. The quantitative estimate of drug-likeness (QED) is 0.915. The average molecular weight is 332 g/mol. The zero-order chi connectivity index (χ0) is 17.0. The van der Waals surface area contributed by atoms with Crippen molar-refractivity contribution >= 4 is 21.6 Å². The van der Waals surface area contributed by atoms with Gasteiger partial charge in [0.2, 0.25) is 15.9 Å². The lowest BCUT2D eigenvalue weighted by Crippen LogP contribution is -2.38. The van der Waals surface area contributed by atoms with Crippen molar-refractivity contribution in [3.05, 3.63) is 65.7 Å². The molecule has 1 N–H and O–H groups in total. The molecule has 2 aromatic carbocycles. The highest BCUT2D eigenvalue weighted by Gasteiger charge is 2.30. The second kappa shape index (κ2) is 6.93. The Morgan fingerprint density at radius 2 is 1.61 bits per heavy atom. The number of nitrogens with zero attached hydrogens (tertiary/aromatic N) is 1. The molecule has 0 aliphatic heterocycles. The Morgan fingerprint density at radius 3 is 2.17 bits per heavy atom. The van der Waals surface area contributed by atoms with Crippen LogP contribution in [-0.2, 0) is 14.8 Å². The zero-order valence-corrected chi connectivity index (χ0v) is 14.2. The van der Waals surface area contributed by atoms with Crippen molar-refractivity contribution in [2.75, 3.05) is 18.6 Å². The Labute approximate surface area is 137 Å². The zero-order valence-electron chi connectivity index (χ0n) is 13.4. The molecule has 2 rings (SSSR count). The second-order valence-electron chi connectivity index (χ2n) is 5.40. The Hall–Kier alpha value is -2.18. The Bertz CT molecular complexity index is 788. The SMILES string of the molecule is Cc1ccccc1NC(=O)[C@H](c1ccccc1)N(C)S(C)(=O)=O. The third-order valence-corrected chi connectivity index (χ3v) is 4.91. The van der Waals surface area contributed by atoms with E-state index in [-0.39, 0.29) is 0 Å². The van der Waals surface area contributed by atoms with Crippen molar-refractivity contribution in [2.24, 2.45) is 0 Å². The van der Waals surface area contributed by atoms with E-state index in [1.807, 2.05) is 31.2 Å². The lowest BCUT2D eigenvalue weighted by Gasteiger charge is -2.26. The first-order chi connectivity index (χ1) is 10.8. The number of anilines is 1. The molecule has 0 aliphatic carbocycles. The predicted molar refractivity (Wildman–Crippen MR) is 91.6 cm³/mol. The molecule has 2 aromatic rings. The number of para-hydroxylation sites is 1. The summed E-state index contributed by atoms with van der Waals surface area (Å²) in [6.45, 7) is 1.88. The fraction of sp³-hybridized carbons (Fsp3) is 0.235. The van der Waals surface area contributed by atoms with Gasteiger partial charge < -0.3 is 5.32 Å². The summed E-state index contributed by atoms with van der Waals surface area (Å²) in [6.07, 6.45) is 1.09. The van der Waals surface area contributed by atoms with Crippen molar-refractivity contribution in [1.82, 2.24) is 4.31 Å². The standard InChI is InChI=1S/C17H20N2O3S/c1-13-9-7-8-12-15(13)18-17(20)16(19(2)23(3,21)22)14-10-5-4-6-11-14/h4-12,16H,1-3H3,(H,18,20)/t16-/m0/s1. The van der Waals surface area contributed by atoms with Gasteiger partial charge in [0.05, 0.1) is 6.26 Å². The van der Waals surface area contributed by atoms with Gasteiger partial charge in [-0.05, 0) is 24.1 Å². The first kappa shape index (κ1) is 17.2. The van der Waals surface area contributed by atoms with Crippen LogP contribution in [0.2, 0.25) is 0 Å². The molecule has 122 valence electrons. The summed E-state index contributed by atoms with van der Waals surface area (Å²) in [6, 6.07) is 15.3. The molecule has 0 aliphatic rings. The Balaban J connectivity index is 2.38. The van der Waals surface area contributed by atoms with E-state index < -0.39 is 22.0 Å². The summed E-state index contributed by atoms with van der Waals surface area (Å²) >= 11 is 0. The molecule has 5 nitrogen and oxygen atoms in total. The van der Waals surface area contributed by atoms with Gasteiger partial charge >= 0.3 is 0 Å². The third kappa shape index (κ3) is 4.18. The maximum Gasteiger partial charge on any atom is 0.247 e. The molecule has 0 fully saturated rings. The fourth-order valence-electron chi connectivity index (χ4n) is 2.27. The van der Waals surface area contributed by atoms with E-state index in [0.29, 0.717) is 11.3 Å². The third-order valence-electron chi connectivity index (χ3n) is 3.65. The number of rotatable bonds is 5. The van der Waals surface area contributed by atoms with Crippen LogP contribution >= 0.6 is 0 Å². The van der Waals surface area contributed by atoms with Gasteiger partial charge in [-0.1, -0.05) is 48.5 Å². The normalized spacial score (nSPS) is 12.9. The fourth-order valence-corrected chi connectivity index (χ4v) is 2.87. The molecule has 0 aromatic heterocycles. The molecular weight excluding hydrogens is 312 g/mol. The lowest BCUT2D eigenvalue weighted by molar-refractivity contribution is -0.119. The van der Waals surface area contributed by atoms with E-state index in [0.717, 1.165) is 16.1 Å². The maximum absolute atomic E-state index is 12.7. The van der Waals surface area contributed by atoms with Gasteiger partial charge in [0.25, 0.3) is 0 Å². The number of nitrogens with one attached hydrogen (secondary N) is 1. The van der Waals surface area contributed by atoms with Gasteiger partial charge in [-0.25, -0.2) is 8.42 Å². The number of benzene rings is 2. The molecule has 1 amide bonds. The van der Waals surface area contributed by atoms with Crippen LogP contribution in [0, 0.1) is 6.92 Å². The van der Waals surface area contributed by atoms with Crippen molar-refractivity contribution in [3.63, 3.8) is 0 Å². The van der Waals surface area contributed by atoms with Gasteiger partial charge in [0.1, 0.15) is 6.04 Å². The number of hydrogen-bond acceptors (Lipinski definition) is 3. The number of sulfonamides is 1. The van der Waals surface area contributed by atoms with Crippen LogP contribution in [0.3, 0.4) is 0 Å². The molecule has 0 saturated heterocycles. The van der Waals surface area contributed by atoms with Crippen LogP contribution in [0.25, 0.3) is 0 Å². The minimum absolute atomic E-state index is 0.390. The number of carbonyl (C=O) groups excluding carboxylic acids is 1. The molecule has 23 heavy (non-hydrogen) atoms. The first-order valence-corrected chi connectivity index (χ1v) is 9.00. The van der Waals surface area contributed by atoms with Crippen LogP contribution in [0.1, 0.15) is 17.2 Å². The summed E-state index contributed by atoms with van der Waals surface area (Å²) in [7, 11) is -2.12. The van der Waals surface area contributed by atoms with E-state index in [9.17, 15) is 13.2 Å². The molecule has 0 bridgehead atoms. The number of hydrogen-bond donors (Lipinski definition) is 1. The van der Waals surface area contributed by atoms with Gasteiger partial charge in [-0.3, -0.25) is 4.79 Å². The van der Waals surface area contributed by atoms with E-state index in [1.54, 1.807) is 30.3 Å². The number of likely N-dealkylation sites (N-methyl/N-ethyl adjacent to an activating group) is 1. The minimum atomic E-state index is -3.53. The molecular formula is C17H20N2O3S. The van der Waals surface area contributed by atoms with Gasteiger partial charge in [0, 0.05) is 12.7 Å². The van der Waals surface area contributed by atoms with E-state index in [4.69, 9.17) is 0 Å². The summed E-state index contributed by atoms with van der Waals surface area (Å²) in [5, 5.41) is 2.82. The number of carbonyl (C=O) groups is 1. The largest absolute Gasteiger partial charge is 0.324 e. The molecule has 1 atom stereocenters. The smallest absolute Gasteiger partial charge is 0.247 e. The topological polar surface area (TPSA) is 66.5 Å². The van der Waals surface area contributed by atoms with E-state index in [2.05, 4.69) is 5.32 Å². The maximum atomic E-state index is 12.7. The monoisotopic (exact) mass is 332 g/mol. The second-order valence-corrected chi connectivity index (χ2v) is 7.44. The van der Waals surface area contributed by atoms with Crippen LogP contribution < -0.4 is 5.32 Å². The molecule has 0 spiro atoms. The summed E-state index contributed by atoms with van der Waals surface area (Å²) < 4.78 is 24.9. The van der Waals surface area contributed by atoms with Crippen molar-refractivity contribution in [1.29, 1.82) is 0 Å². The molecule has 0 radical (unpaired) electrons. The highest BCUT2D eigenvalue weighted by molar-refractivity contribution is 7.88. The minimum Gasteiger partial charge on any atom is -0.324 e. The average Bonchev–Trinajstić information content (AvgIpc) is 2.50. The highest BCUT2D eigenvalue weighted by atomic mass is 32.2. The van der Waals surface area contributed by atoms with Crippen LogP contribution in [0.5, 0.6) is 0 Å². The van der Waals surface area contributed by atoms with Crippen LogP contribution in [0.15, 0.2) is 54.6 Å². The lowest BCUT2D eigenvalue weighted by atomic mass is 10.1. The van der Waals surface area contributed by atoms with Gasteiger partial charge in [-0.15, -0.1) is 0 Å². The van der Waals surface area contributed by atoms with Crippen molar-refractivity contribution in [2.45, 2.75) is 13.0 Å². The molecule has 6 heteroatoms. The van der Waals surface area contributed by atoms with Crippen molar-refractivity contribution in [3.8, 4) is 0 Å². The Kier molecular flexibility index (Phi) is 5.18. The van der Waals surface area contributed by atoms with Crippen molar-refractivity contribution < 1.29 is 13.2 Å². The molecule has 0 heterocycles. The molecule has 0 saturated carbocycles. The van der Waals surface area contributed by atoms with E-state index >= 15 is 0 Å². The number of amides is 1. The van der Waals surface area contributed by atoms with Gasteiger partial charge in [0.15, 0.2) is 0 Å². The summed E-state index contributed by atoms with van der Waals surface area (Å²) in [5.41, 5.74) is 2.20. The highest BCUT2D eigenvalue weighted by Crippen LogP contribution is 2.24. The summed E-state index contributed by atoms with van der Waals surface area (Å²) in [5.74, 6) is -0.390. The van der Waals surface area contributed by atoms with Gasteiger partial charge in [-0.2, -0.15) is 4.31 Å². The van der Waals surface area contributed by atoms with Crippen LogP contribution in [-0.4, -0.2) is 31.9 Å². The number of aryl methyl sites for hydroxylation is 1. The predicted octanol–water partition coefficient (Wildman–Crippen LogP) is 2.57. The summed E-state index contributed by atoms with van der Waals surface area (Å²) in [4.78, 5) is 12.7. The Morgan fingerprint density at radius 1 is 1.04 bits per heavy atom. The molecule has 0 unspecified atom stereocenters.